The van der Waals surface area contributed by atoms with E-state index in [1.807, 2.05) is 72.8 Å². The van der Waals surface area contributed by atoms with Crippen molar-refractivity contribution in [2.75, 3.05) is 0 Å². The molecule has 0 atom stereocenters. The van der Waals surface area contributed by atoms with Crippen LogP contribution in [0, 0.1) is 39.0 Å². The number of nitrogens with zero attached hydrogens (tertiary/aromatic N) is 6. The zero-order valence-electron chi connectivity index (χ0n) is 38.2. The van der Waals surface area contributed by atoms with Gasteiger partial charge in [-0.25, -0.2) is 15.0 Å². The number of para-hydroxylation sites is 2. The van der Waals surface area contributed by atoms with E-state index in [1.54, 1.807) is 0 Å². The van der Waals surface area contributed by atoms with Gasteiger partial charge >= 0.3 is 0 Å². The lowest BCUT2D eigenvalue weighted by atomic mass is 9.97. The fraction of sp³-hybridized carbons (Fsp3) is 0.0645. The fourth-order valence-corrected chi connectivity index (χ4v) is 10.2. The number of nitriles is 1. The predicted octanol–water partition coefficient (Wildman–Crippen LogP) is 15.5. The van der Waals surface area contributed by atoms with E-state index in [0.29, 0.717) is 23.0 Å². The van der Waals surface area contributed by atoms with Gasteiger partial charge in [0.15, 0.2) is 17.5 Å². The van der Waals surface area contributed by atoms with E-state index in [1.165, 1.54) is 33.4 Å². The summed E-state index contributed by atoms with van der Waals surface area (Å²) in [7, 11) is 0. The van der Waals surface area contributed by atoms with Gasteiger partial charge in [0.2, 0.25) is 0 Å². The highest BCUT2D eigenvalue weighted by Crippen LogP contribution is 2.44. The molecule has 0 aliphatic heterocycles. The molecule has 3 heterocycles. The second kappa shape index (κ2) is 16.2. The van der Waals surface area contributed by atoms with Gasteiger partial charge in [0.05, 0.1) is 50.6 Å². The number of hydrogen-bond donors (Lipinski definition) is 0. The normalized spacial score (nSPS) is 11.5. The minimum atomic E-state index is 0.486. The minimum absolute atomic E-state index is 0.486. The Balaban J connectivity index is 1.26. The minimum Gasteiger partial charge on any atom is -0.308 e. The summed E-state index contributed by atoms with van der Waals surface area (Å²) in [4.78, 5) is 16.1. The van der Waals surface area contributed by atoms with Gasteiger partial charge in [0.25, 0.3) is 0 Å². The molecule has 0 bridgehead atoms. The van der Waals surface area contributed by atoms with E-state index in [9.17, 15) is 5.26 Å². The molecule has 322 valence electrons. The van der Waals surface area contributed by atoms with E-state index >= 15 is 0 Å². The van der Waals surface area contributed by atoms with Crippen LogP contribution >= 0.6 is 0 Å². The summed E-state index contributed by atoms with van der Waals surface area (Å²) in [5, 5.41) is 15.6. The quantitative estimate of drug-likeness (QED) is 0.160. The second-order valence-corrected chi connectivity index (χ2v) is 17.8. The maximum absolute atomic E-state index is 11.2. The van der Waals surface area contributed by atoms with Gasteiger partial charge < -0.3 is 9.13 Å². The molecule has 0 unspecified atom stereocenters. The molecule has 0 spiro atoms. The maximum Gasteiger partial charge on any atom is 0.168 e. The molecule has 0 saturated heterocycles. The summed E-state index contributed by atoms with van der Waals surface area (Å²) in [6.07, 6.45) is 0. The van der Waals surface area contributed by atoms with E-state index in [0.717, 1.165) is 82.8 Å². The third-order valence-corrected chi connectivity index (χ3v) is 13.4. The molecule has 0 aliphatic rings. The van der Waals surface area contributed by atoms with Gasteiger partial charge in [0, 0.05) is 32.7 Å². The fourth-order valence-electron chi connectivity index (χ4n) is 10.2. The molecule has 0 saturated carbocycles. The van der Waals surface area contributed by atoms with Gasteiger partial charge in [-0.05, 0) is 97.5 Å². The van der Waals surface area contributed by atoms with Gasteiger partial charge in [-0.15, -0.1) is 0 Å². The Morgan fingerprint density at radius 1 is 0.368 bits per heavy atom. The first-order chi connectivity index (χ1) is 33.3. The predicted molar refractivity (Wildman–Crippen MR) is 279 cm³/mol. The molecule has 3 aromatic heterocycles. The van der Waals surface area contributed by atoms with Crippen molar-refractivity contribution in [2.24, 2.45) is 0 Å². The molecular formula is C62H44N6. The Hall–Kier alpha value is -8.92. The third kappa shape index (κ3) is 6.75. The van der Waals surface area contributed by atoms with Crippen molar-refractivity contribution >= 4 is 43.6 Å². The first-order valence-corrected chi connectivity index (χ1v) is 23.0. The zero-order valence-corrected chi connectivity index (χ0v) is 38.2. The first-order valence-electron chi connectivity index (χ1n) is 23.0. The Bertz CT molecular complexity index is 3770. The SMILES string of the molecule is Cc1ccc(-c2ccc3c4ccccc4n(-c4cc(C#N)cc(-n5c6ccccc6c6ccc(-c7ccc(C)cc7C)cc65)c4-c4nc(-c5ccccc5)nc(-c5ccccc5)n4)c3c2)c(C)c1. The van der Waals surface area contributed by atoms with Crippen molar-refractivity contribution in [2.45, 2.75) is 27.7 Å². The zero-order chi connectivity index (χ0) is 46.0. The van der Waals surface area contributed by atoms with Crippen LogP contribution in [0.4, 0.5) is 0 Å². The molecule has 12 rings (SSSR count). The first kappa shape index (κ1) is 40.6. The lowest BCUT2D eigenvalue weighted by molar-refractivity contribution is 1.05. The van der Waals surface area contributed by atoms with E-state index < -0.39 is 0 Å². The number of fused-ring (bicyclic) bond motifs is 6. The number of aromatic nitrogens is 5. The van der Waals surface area contributed by atoms with Crippen molar-refractivity contribution in [1.82, 2.24) is 24.1 Å². The number of rotatable bonds is 7. The number of aryl methyl sites for hydroxylation is 4. The van der Waals surface area contributed by atoms with Gasteiger partial charge in [-0.3, -0.25) is 0 Å². The molecular weight excluding hydrogens is 829 g/mol. The lowest BCUT2D eigenvalue weighted by Gasteiger charge is -2.21. The van der Waals surface area contributed by atoms with Crippen LogP contribution in [0.5, 0.6) is 0 Å². The Morgan fingerprint density at radius 2 is 0.779 bits per heavy atom. The van der Waals surface area contributed by atoms with Crippen LogP contribution in [-0.2, 0) is 0 Å². The molecule has 6 nitrogen and oxygen atoms in total. The number of hydrogen-bond acceptors (Lipinski definition) is 4. The molecule has 68 heavy (non-hydrogen) atoms. The molecule has 0 amide bonds. The van der Waals surface area contributed by atoms with Crippen molar-refractivity contribution in [3.8, 4) is 73.9 Å². The Labute approximate surface area is 394 Å². The molecule has 9 aromatic carbocycles. The van der Waals surface area contributed by atoms with Crippen LogP contribution < -0.4 is 0 Å². The van der Waals surface area contributed by atoms with Crippen molar-refractivity contribution < 1.29 is 0 Å². The summed E-state index contributed by atoms with van der Waals surface area (Å²) in [5.41, 5.74) is 18.0. The van der Waals surface area contributed by atoms with E-state index in [2.05, 4.69) is 164 Å². The van der Waals surface area contributed by atoms with E-state index in [4.69, 9.17) is 15.0 Å². The van der Waals surface area contributed by atoms with Crippen LogP contribution in [-0.4, -0.2) is 24.1 Å². The maximum atomic E-state index is 11.2. The Kier molecular flexibility index (Phi) is 9.67. The summed E-state index contributed by atoms with van der Waals surface area (Å²) in [6, 6.07) is 70.7. The van der Waals surface area contributed by atoms with Crippen molar-refractivity contribution in [1.29, 1.82) is 5.26 Å². The molecule has 0 fully saturated rings. The Morgan fingerprint density at radius 3 is 1.22 bits per heavy atom. The molecule has 0 radical (unpaired) electrons. The van der Waals surface area contributed by atoms with Crippen LogP contribution in [0.1, 0.15) is 27.8 Å². The highest BCUT2D eigenvalue weighted by Gasteiger charge is 2.27. The van der Waals surface area contributed by atoms with Crippen LogP contribution in [0.15, 0.2) is 194 Å². The lowest BCUT2D eigenvalue weighted by Crippen LogP contribution is -2.08. The van der Waals surface area contributed by atoms with Crippen molar-refractivity contribution in [3.63, 3.8) is 0 Å². The molecule has 0 N–H and O–H groups in total. The topological polar surface area (TPSA) is 72.3 Å². The van der Waals surface area contributed by atoms with Gasteiger partial charge in [-0.1, -0.05) is 169 Å². The largest absolute Gasteiger partial charge is 0.308 e. The number of benzene rings is 9. The highest BCUT2D eigenvalue weighted by molar-refractivity contribution is 6.13. The standard InChI is InChI=1S/C62H44N6/c1-38-23-27-47(40(3)31-38)45-25-29-51-49-19-11-13-21-53(49)67(55(51)35-45)57-33-42(37-63)34-58(59(57)62-65-60(43-15-7-5-8-16-43)64-61(66-62)44-17-9-6-10-18-44)68-54-22-14-12-20-50(54)52-30-26-46(36-56(52)68)48-28-24-39(2)32-41(48)4/h5-36H,1-4H3. The highest BCUT2D eigenvalue weighted by atomic mass is 15.1. The summed E-state index contributed by atoms with van der Waals surface area (Å²) < 4.78 is 4.64. The summed E-state index contributed by atoms with van der Waals surface area (Å²) in [5.74, 6) is 1.59. The molecule has 6 heteroatoms. The molecule has 0 aliphatic carbocycles. The van der Waals surface area contributed by atoms with Gasteiger partial charge in [0.1, 0.15) is 0 Å². The summed E-state index contributed by atoms with van der Waals surface area (Å²) >= 11 is 0. The van der Waals surface area contributed by atoms with Gasteiger partial charge in [-0.2, -0.15) is 5.26 Å². The van der Waals surface area contributed by atoms with Crippen LogP contribution in [0.2, 0.25) is 0 Å². The monoisotopic (exact) mass is 872 g/mol. The summed E-state index contributed by atoms with van der Waals surface area (Å²) in [6.45, 7) is 8.62. The average molecular weight is 873 g/mol. The average Bonchev–Trinajstić information content (AvgIpc) is 3.88. The molecule has 12 aromatic rings. The van der Waals surface area contributed by atoms with Crippen molar-refractivity contribution in [3.05, 3.63) is 222 Å². The third-order valence-electron chi connectivity index (χ3n) is 13.4. The second-order valence-electron chi connectivity index (χ2n) is 17.8. The van der Waals surface area contributed by atoms with Crippen LogP contribution in [0.25, 0.3) is 111 Å². The smallest absolute Gasteiger partial charge is 0.168 e. The van der Waals surface area contributed by atoms with E-state index in [-0.39, 0.29) is 0 Å². The van der Waals surface area contributed by atoms with Crippen LogP contribution in [0.3, 0.4) is 0 Å².